The zero-order chi connectivity index (χ0) is 13.2. The van der Waals surface area contributed by atoms with Crippen LogP contribution in [0.3, 0.4) is 0 Å². The van der Waals surface area contributed by atoms with Crippen LogP contribution in [-0.2, 0) is 0 Å². The highest BCUT2D eigenvalue weighted by molar-refractivity contribution is 7.99. The van der Waals surface area contributed by atoms with Gasteiger partial charge in [0, 0.05) is 23.5 Å². The van der Waals surface area contributed by atoms with Gasteiger partial charge in [-0.3, -0.25) is 4.90 Å². The lowest BCUT2D eigenvalue weighted by atomic mass is 9.89. The number of thioether (sulfide) groups is 1. The third-order valence-electron chi connectivity index (χ3n) is 4.69. The van der Waals surface area contributed by atoms with Crippen molar-refractivity contribution in [2.45, 2.75) is 43.2 Å². The van der Waals surface area contributed by atoms with Crippen molar-refractivity contribution in [3.8, 4) is 0 Å². The summed E-state index contributed by atoms with van der Waals surface area (Å²) < 4.78 is 0. The molecule has 19 heavy (non-hydrogen) atoms. The minimum Gasteiger partial charge on any atom is -0.330 e. The standard InChI is InChI=1S/C16H24N2S/c1-12-6-7-13(10-17)11-18(12)15-8-9-19-16-5-3-2-4-14(15)16/h2-5,12-13,15H,6-11,17H2,1H3. The van der Waals surface area contributed by atoms with Gasteiger partial charge in [-0.1, -0.05) is 18.2 Å². The summed E-state index contributed by atoms with van der Waals surface area (Å²) in [5, 5.41) is 0. The monoisotopic (exact) mass is 276 g/mol. The van der Waals surface area contributed by atoms with Gasteiger partial charge in [-0.05, 0) is 56.0 Å². The molecule has 2 N–H and O–H groups in total. The van der Waals surface area contributed by atoms with E-state index < -0.39 is 0 Å². The second kappa shape index (κ2) is 5.86. The molecule has 2 aliphatic heterocycles. The van der Waals surface area contributed by atoms with Crippen LogP contribution in [0.4, 0.5) is 0 Å². The van der Waals surface area contributed by atoms with E-state index in [1.807, 2.05) is 11.8 Å². The van der Waals surface area contributed by atoms with Gasteiger partial charge in [-0.25, -0.2) is 0 Å². The van der Waals surface area contributed by atoms with E-state index in [2.05, 4.69) is 36.1 Å². The molecule has 0 aromatic heterocycles. The minimum atomic E-state index is 0.613. The van der Waals surface area contributed by atoms with Crippen molar-refractivity contribution < 1.29 is 0 Å². The number of benzene rings is 1. The smallest absolute Gasteiger partial charge is 0.0370 e. The predicted octanol–water partition coefficient (Wildman–Crippen LogP) is 3.28. The number of fused-ring (bicyclic) bond motifs is 1. The molecule has 2 nitrogen and oxygen atoms in total. The highest BCUT2D eigenvalue weighted by atomic mass is 32.2. The quantitative estimate of drug-likeness (QED) is 0.899. The average Bonchev–Trinajstić information content (AvgIpc) is 2.47. The number of hydrogen-bond donors (Lipinski definition) is 1. The van der Waals surface area contributed by atoms with Crippen molar-refractivity contribution in [2.75, 3.05) is 18.8 Å². The molecule has 0 spiro atoms. The van der Waals surface area contributed by atoms with Crippen LogP contribution in [0.2, 0.25) is 0 Å². The second-order valence-corrected chi connectivity index (χ2v) is 7.05. The van der Waals surface area contributed by atoms with E-state index in [9.17, 15) is 0 Å². The Hall–Kier alpha value is -0.510. The number of nitrogens with two attached hydrogens (primary N) is 1. The van der Waals surface area contributed by atoms with Gasteiger partial charge in [-0.15, -0.1) is 11.8 Å². The summed E-state index contributed by atoms with van der Waals surface area (Å²) in [6, 6.07) is 10.3. The summed E-state index contributed by atoms with van der Waals surface area (Å²) in [7, 11) is 0. The molecule has 2 heterocycles. The maximum absolute atomic E-state index is 5.90. The Morgan fingerprint density at radius 3 is 2.95 bits per heavy atom. The molecule has 3 unspecified atom stereocenters. The molecule has 0 bridgehead atoms. The van der Waals surface area contributed by atoms with Crippen molar-refractivity contribution in [1.29, 1.82) is 0 Å². The molecule has 1 fully saturated rings. The van der Waals surface area contributed by atoms with Gasteiger partial charge in [0.2, 0.25) is 0 Å². The van der Waals surface area contributed by atoms with Crippen molar-refractivity contribution in [2.24, 2.45) is 11.7 Å². The number of nitrogens with zero attached hydrogens (tertiary/aromatic N) is 1. The molecule has 3 heteroatoms. The van der Waals surface area contributed by atoms with Crippen LogP contribution in [-0.4, -0.2) is 29.8 Å². The van der Waals surface area contributed by atoms with Crippen LogP contribution in [0.25, 0.3) is 0 Å². The van der Waals surface area contributed by atoms with Crippen molar-refractivity contribution in [3.05, 3.63) is 29.8 Å². The van der Waals surface area contributed by atoms with Gasteiger partial charge in [0.05, 0.1) is 0 Å². The first-order valence-electron chi connectivity index (χ1n) is 7.47. The molecular weight excluding hydrogens is 252 g/mol. The minimum absolute atomic E-state index is 0.613. The van der Waals surface area contributed by atoms with E-state index in [1.54, 1.807) is 5.56 Å². The van der Waals surface area contributed by atoms with Crippen LogP contribution in [0.15, 0.2) is 29.2 Å². The Morgan fingerprint density at radius 1 is 1.26 bits per heavy atom. The van der Waals surface area contributed by atoms with E-state index >= 15 is 0 Å². The van der Waals surface area contributed by atoms with Gasteiger partial charge in [-0.2, -0.15) is 0 Å². The fourth-order valence-electron chi connectivity index (χ4n) is 3.51. The molecule has 0 saturated carbocycles. The SMILES string of the molecule is CC1CCC(CN)CN1C1CCSc2ccccc21. The molecule has 0 amide bonds. The lowest BCUT2D eigenvalue weighted by Crippen LogP contribution is -2.46. The summed E-state index contributed by atoms with van der Waals surface area (Å²) in [5.74, 6) is 1.94. The molecule has 1 aromatic rings. The summed E-state index contributed by atoms with van der Waals surface area (Å²) in [6.07, 6.45) is 3.88. The molecule has 3 atom stereocenters. The third kappa shape index (κ3) is 2.69. The fraction of sp³-hybridized carbons (Fsp3) is 0.625. The first-order valence-corrected chi connectivity index (χ1v) is 8.45. The largest absolute Gasteiger partial charge is 0.330 e. The number of piperidine rings is 1. The number of likely N-dealkylation sites (tertiary alicyclic amines) is 1. The van der Waals surface area contributed by atoms with Gasteiger partial charge >= 0.3 is 0 Å². The van der Waals surface area contributed by atoms with Crippen LogP contribution < -0.4 is 5.73 Å². The first kappa shape index (κ1) is 13.5. The average molecular weight is 276 g/mol. The first-order chi connectivity index (χ1) is 9.29. The second-order valence-electron chi connectivity index (χ2n) is 5.92. The van der Waals surface area contributed by atoms with Crippen LogP contribution in [0.1, 0.15) is 37.8 Å². The molecule has 0 aliphatic carbocycles. The molecule has 2 aliphatic rings. The van der Waals surface area contributed by atoms with Gasteiger partial charge < -0.3 is 5.73 Å². The van der Waals surface area contributed by atoms with Crippen molar-refractivity contribution in [1.82, 2.24) is 4.90 Å². The van der Waals surface area contributed by atoms with Crippen molar-refractivity contribution in [3.63, 3.8) is 0 Å². The lowest BCUT2D eigenvalue weighted by molar-refractivity contribution is 0.0698. The Labute approximate surface area is 120 Å². The number of hydrogen-bond acceptors (Lipinski definition) is 3. The fourth-order valence-corrected chi connectivity index (χ4v) is 4.61. The maximum atomic E-state index is 5.90. The van der Waals surface area contributed by atoms with Crippen LogP contribution in [0.5, 0.6) is 0 Å². The van der Waals surface area contributed by atoms with E-state index in [1.165, 1.54) is 36.5 Å². The molecule has 104 valence electrons. The highest BCUT2D eigenvalue weighted by Gasteiger charge is 2.33. The summed E-state index contributed by atoms with van der Waals surface area (Å²) >= 11 is 2.01. The van der Waals surface area contributed by atoms with Crippen molar-refractivity contribution >= 4 is 11.8 Å². The molecule has 1 saturated heterocycles. The molecule has 0 radical (unpaired) electrons. The summed E-state index contributed by atoms with van der Waals surface area (Å²) in [6.45, 7) is 4.41. The normalized spacial score (nSPS) is 32.0. The zero-order valence-electron chi connectivity index (χ0n) is 11.7. The Kier molecular flexibility index (Phi) is 4.15. The van der Waals surface area contributed by atoms with E-state index in [-0.39, 0.29) is 0 Å². The predicted molar refractivity (Wildman–Crippen MR) is 82.5 cm³/mol. The van der Waals surface area contributed by atoms with E-state index in [0.29, 0.717) is 18.0 Å². The van der Waals surface area contributed by atoms with E-state index in [4.69, 9.17) is 5.73 Å². The van der Waals surface area contributed by atoms with Crippen LogP contribution >= 0.6 is 11.8 Å². The summed E-state index contributed by atoms with van der Waals surface area (Å²) in [4.78, 5) is 4.21. The topological polar surface area (TPSA) is 29.3 Å². The highest BCUT2D eigenvalue weighted by Crippen LogP contribution is 2.41. The number of rotatable bonds is 2. The Bertz CT molecular complexity index is 435. The van der Waals surface area contributed by atoms with Crippen LogP contribution in [0, 0.1) is 5.92 Å². The molecule has 3 rings (SSSR count). The van der Waals surface area contributed by atoms with Gasteiger partial charge in [0.25, 0.3) is 0 Å². The van der Waals surface area contributed by atoms with E-state index in [0.717, 1.165) is 6.54 Å². The third-order valence-corrected chi connectivity index (χ3v) is 5.81. The zero-order valence-corrected chi connectivity index (χ0v) is 12.5. The van der Waals surface area contributed by atoms with Gasteiger partial charge in [0.1, 0.15) is 0 Å². The lowest BCUT2D eigenvalue weighted by Gasteiger charge is -2.44. The Morgan fingerprint density at radius 2 is 2.11 bits per heavy atom. The molecule has 1 aromatic carbocycles. The Balaban J connectivity index is 1.85. The molecular formula is C16H24N2S. The van der Waals surface area contributed by atoms with Gasteiger partial charge in [0.15, 0.2) is 0 Å². The maximum Gasteiger partial charge on any atom is 0.0370 e. The summed E-state index contributed by atoms with van der Waals surface area (Å²) in [5.41, 5.74) is 7.45.